The molecule has 5 heteroatoms. The predicted molar refractivity (Wildman–Crippen MR) is 25.5 cm³/mol. The van der Waals surface area contributed by atoms with Crippen molar-refractivity contribution in [2.75, 3.05) is 0 Å². The molecule has 0 N–H and O–H groups in total. The van der Waals surface area contributed by atoms with Gasteiger partial charge in [0.15, 0.2) is 17.4 Å². The fourth-order valence-corrected chi connectivity index (χ4v) is 0.166. The van der Waals surface area contributed by atoms with Gasteiger partial charge in [-0.3, -0.25) is 0 Å². The highest BCUT2D eigenvalue weighted by atomic mass is 16.5. The van der Waals surface area contributed by atoms with E-state index < -0.39 is 5.71 Å². The first-order valence-corrected chi connectivity index (χ1v) is 1.80. The molecule has 0 unspecified atom stereocenters. The van der Waals surface area contributed by atoms with Gasteiger partial charge in [-0.2, -0.15) is 15.3 Å². The second kappa shape index (κ2) is 3.01. The molecule has 0 aliphatic rings. The Morgan fingerprint density at radius 1 is 1.22 bits per heavy atom. The number of nitrogens with zero attached hydrogens (tertiary/aromatic N) is 4. The van der Waals surface area contributed by atoms with Gasteiger partial charge in [-0.1, -0.05) is 0 Å². The third kappa shape index (κ3) is 1.46. The molecule has 0 aromatic rings. The van der Waals surface area contributed by atoms with Crippen molar-refractivity contribution in [1.82, 2.24) is 0 Å². The molecule has 0 fully saturated rings. The number of nitriles is 3. The fraction of sp³-hybridized carbons (Fsp3) is 0. The van der Waals surface area contributed by atoms with Crippen LogP contribution < -0.4 is 0 Å². The van der Waals surface area contributed by atoms with Gasteiger partial charge in [-0.15, -0.1) is 0 Å². The van der Waals surface area contributed by atoms with Gasteiger partial charge in [0.05, 0.1) is 0 Å². The summed E-state index contributed by atoms with van der Waals surface area (Å²) in [6.07, 6.45) is 1.06. The second-order valence-corrected chi connectivity index (χ2v) is 0.967. The summed E-state index contributed by atoms with van der Waals surface area (Å²) in [5.74, 6) is 0. The molecule has 0 rings (SSSR count). The van der Waals surface area contributed by atoms with Gasteiger partial charge in [0.1, 0.15) is 0 Å². The molecule has 0 aliphatic heterocycles. The molecule has 0 bridgehead atoms. The van der Waals surface area contributed by atoms with Gasteiger partial charge in [-0.05, 0) is 0 Å². The molecule has 0 radical (unpaired) electrons. The summed E-state index contributed by atoms with van der Waals surface area (Å²) >= 11 is 0. The van der Waals surface area contributed by atoms with Crippen molar-refractivity contribution in [1.29, 1.82) is 15.8 Å². The van der Waals surface area contributed by atoms with Crippen molar-refractivity contribution >= 4 is 5.71 Å². The van der Waals surface area contributed by atoms with Crippen LogP contribution in [0.3, 0.4) is 0 Å². The summed E-state index contributed by atoms with van der Waals surface area (Å²) in [7, 11) is 0. The average Bonchev–Trinajstić information content (AvgIpc) is 1.90. The Morgan fingerprint density at radius 3 is 1.78 bits per heavy atom. The first kappa shape index (κ1) is 6.94. The van der Waals surface area contributed by atoms with Crippen molar-refractivity contribution in [3.05, 3.63) is 5.21 Å². The zero-order chi connectivity index (χ0) is 7.28. The largest absolute Gasteiger partial charge is 0.701 e. The van der Waals surface area contributed by atoms with E-state index in [-0.39, 0.29) is 4.74 Å². The van der Waals surface area contributed by atoms with Crippen molar-refractivity contribution in [2.45, 2.75) is 0 Å². The Balaban J connectivity index is 4.78. The summed E-state index contributed by atoms with van der Waals surface area (Å²) in [6, 6.07) is 2.50. The van der Waals surface area contributed by atoms with Crippen LogP contribution in [0.4, 0.5) is 0 Å². The van der Waals surface area contributed by atoms with Crippen LogP contribution in [-0.4, -0.2) is 10.5 Å². The van der Waals surface area contributed by atoms with E-state index in [0.29, 0.717) is 0 Å². The van der Waals surface area contributed by atoms with Crippen LogP contribution in [0.25, 0.3) is 0 Å². The van der Waals surface area contributed by atoms with E-state index in [4.69, 9.17) is 15.8 Å². The summed E-state index contributed by atoms with van der Waals surface area (Å²) < 4.78 is -0.347. The summed E-state index contributed by atoms with van der Waals surface area (Å²) in [5.41, 5.74) is -0.752. The van der Waals surface area contributed by atoms with Crippen LogP contribution in [0.15, 0.2) is 0 Å². The number of rotatable bonds is 0. The van der Waals surface area contributed by atoms with E-state index in [9.17, 15) is 5.21 Å². The lowest BCUT2D eigenvalue weighted by Crippen LogP contribution is -2.05. The molecular formula is C4N4O. The van der Waals surface area contributed by atoms with E-state index in [1.165, 1.54) is 12.1 Å². The van der Waals surface area contributed by atoms with Crippen LogP contribution in [0, 0.1) is 39.3 Å². The first-order valence-electron chi connectivity index (χ1n) is 1.80. The zero-order valence-electron chi connectivity index (χ0n) is 4.20. The highest BCUT2D eigenvalue weighted by Gasteiger charge is 1.99. The highest BCUT2D eigenvalue weighted by molar-refractivity contribution is 6.06. The van der Waals surface area contributed by atoms with Crippen LogP contribution in [0.5, 0.6) is 0 Å². The van der Waals surface area contributed by atoms with Gasteiger partial charge in [-0.25, -0.2) is 0 Å². The molecule has 0 aromatic heterocycles. The van der Waals surface area contributed by atoms with Crippen molar-refractivity contribution < 1.29 is 4.74 Å². The second-order valence-electron chi connectivity index (χ2n) is 0.967. The molecule has 0 saturated carbocycles. The van der Waals surface area contributed by atoms with Crippen LogP contribution >= 0.6 is 0 Å². The minimum Gasteiger partial charge on any atom is -0.701 e. The minimum atomic E-state index is -0.752. The average molecular weight is 120 g/mol. The first-order chi connectivity index (χ1) is 4.26. The van der Waals surface area contributed by atoms with Gasteiger partial charge in [0.25, 0.3) is 5.71 Å². The quantitative estimate of drug-likeness (QED) is 0.107. The number of hydrogen-bond donors (Lipinski definition) is 0. The lowest BCUT2D eigenvalue weighted by Gasteiger charge is -1.89. The van der Waals surface area contributed by atoms with E-state index in [0.717, 1.165) is 6.19 Å². The summed E-state index contributed by atoms with van der Waals surface area (Å²) in [5, 5.41) is 33.7. The fourth-order valence-electron chi connectivity index (χ4n) is 0.166. The number of hydrogen-bond acceptors (Lipinski definition) is 4. The monoisotopic (exact) mass is 120 g/mol. The molecule has 0 aliphatic carbocycles. The molecule has 0 saturated heterocycles. The molecule has 0 spiro atoms. The maximum absolute atomic E-state index is 10.0. The zero-order valence-corrected chi connectivity index (χ0v) is 4.20. The predicted octanol–water partition coefficient (Wildman–Crippen LogP) is -0.534. The lowest BCUT2D eigenvalue weighted by atomic mass is 10.5. The maximum atomic E-state index is 10.0. The smallest absolute Gasteiger partial charge is 0.464 e. The molecule has 0 heterocycles. The van der Waals surface area contributed by atoms with Crippen molar-refractivity contribution in [3.63, 3.8) is 0 Å². The molecule has 0 amide bonds. The third-order valence-electron chi connectivity index (χ3n) is 0.506. The third-order valence-corrected chi connectivity index (χ3v) is 0.506. The molecule has 5 nitrogen and oxygen atoms in total. The van der Waals surface area contributed by atoms with Crippen molar-refractivity contribution in [2.24, 2.45) is 0 Å². The number of hydroxylamine groups is 1. The molecular weight excluding hydrogens is 120 g/mol. The molecule has 0 atom stereocenters. The van der Waals surface area contributed by atoms with Gasteiger partial charge >= 0.3 is 6.19 Å². The Labute approximate surface area is 50.9 Å². The summed E-state index contributed by atoms with van der Waals surface area (Å²) in [4.78, 5) is 0. The Morgan fingerprint density at radius 2 is 1.67 bits per heavy atom. The topological polar surface area (TPSA) is 97.4 Å². The van der Waals surface area contributed by atoms with Gasteiger partial charge < -0.3 is 5.21 Å². The SMILES string of the molecule is N#CC(C#N)=[N+]([O-])C#N. The van der Waals surface area contributed by atoms with E-state index >= 15 is 0 Å². The highest BCUT2D eigenvalue weighted by Crippen LogP contribution is 1.70. The standard InChI is InChI=1S/C4N4O/c5-1-4(2-6)8(9)3-7. The van der Waals surface area contributed by atoms with E-state index in [2.05, 4.69) is 0 Å². The van der Waals surface area contributed by atoms with Crippen molar-refractivity contribution in [3.8, 4) is 18.3 Å². The van der Waals surface area contributed by atoms with E-state index in [1.54, 1.807) is 0 Å². The minimum absolute atomic E-state index is 0.347. The van der Waals surface area contributed by atoms with Crippen LogP contribution in [0.1, 0.15) is 0 Å². The van der Waals surface area contributed by atoms with E-state index in [1.807, 2.05) is 0 Å². The Hall–Kier alpha value is -2.06. The van der Waals surface area contributed by atoms with Gasteiger partial charge in [0.2, 0.25) is 0 Å². The lowest BCUT2D eigenvalue weighted by molar-refractivity contribution is -0.355. The Kier molecular flexibility index (Phi) is 2.32. The normalized spacial score (nSPS) is 5.89. The molecule has 42 valence electrons. The summed E-state index contributed by atoms with van der Waals surface area (Å²) in [6.45, 7) is 0. The Bertz CT molecular complexity index is 242. The molecule has 9 heavy (non-hydrogen) atoms. The van der Waals surface area contributed by atoms with Crippen LogP contribution in [0.2, 0.25) is 0 Å². The molecule has 0 aromatic carbocycles. The van der Waals surface area contributed by atoms with Crippen LogP contribution in [-0.2, 0) is 0 Å². The van der Waals surface area contributed by atoms with Gasteiger partial charge in [0, 0.05) is 0 Å². The maximum Gasteiger partial charge on any atom is 0.464 e.